The van der Waals surface area contributed by atoms with E-state index < -0.39 is 0 Å². The number of carbonyl (C=O) groups is 2. The van der Waals surface area contributed by atoms with Crippen molar-refractivity contribution in [2.45, 2.75) is 10.7 Å². The summed E-state index contributed by atoms with van der Waals surface area (Å²) >= 11 is 15.4. The van der Waals surface area contributed by atoms with Crippen LogP contribution in [0.1, 0.15) is 21.9 Å². The van der Waals surface area contributed by atoms with Crippen LogP contribution in [0.5, 0.6) is 0 Å². The van der Waals surface area contributed by atoms with Gasteiger partial charge in [0.25, 0.3) is 0 Å². The molecule has 0 unspecified atom stereocenters. The van der Waals surface area contributed by atoms with Crippen molar-refractivity contribution in [3.05, 3.63) is 69.7 Å². The summed E-state index contributed by atoms with van der Waals surface area (Å²) in [6, 6.07) is 15.2. The summed E-state index contributed by atoms with van der Waals surface area (Å²) in [5.41, 5.74) is 2.02. The van der Waals surface area contributed by atoms with Crippen molar-refractivity contribution in [1.82, 2.24) is 9.80 Å². The number of rotatable bonds is 5. The summed E-state index contributed by atoms with van der Waals surface area (Å²) in [4.78, 5) is 28.6. The van der Waals surface area contributed by atoms with Crippen LogP contribution in [0.25, 0.3) is 0 Å². The Hall–Kier alpha value is -1.34. The lowest BCUT2D eigenvalue weighted by atomic mass is 10.2. The highest BCUT2D eigenvalue weighted by molar-refractivity contribution is 8.00. The molecular weight excluding hydrogens is 435 g/mol. The second kappa shape index (κ2) is 8.57. The summed E-state index contributed by atoms with van der Waals surface area (Å²) in [7, 11) is 0. The minimum atomic E-state index is -0.0684. The quantitative estimate of drug-likeness (QED) is 0.650. The highest BCUT2D eigenvalue weighted by Crippen LogP contribution is 2.41. The molecule has 2 heterocycles. The van der Waals surface area contributed by atoms with E-state index in [2.05, 4.69) is 0 Å². The number of hydrogen-bond acceptors (Lipinski definition) is 4. The lowest BCUT2D eigenvalue weighted by Crippen LogP contribution is -2.39. The summed E-state index contributed by atoms with van der Waals surface area (Å²) in [6.07, 6.45) is 0. The lowest BCUT2D eigenvalue weighted by Gasteiger charge is -2.29. The molecule has 4 nitrogen and oxygen atoms in total. The summed E-state index contributed by atoms with van der Waals surface area (Å²) in [6.45, 7) is 0.985. The molecule has 0 radical (unpaired) electrons. The van der Waals surface area contributed by atoms with Crippen LogP contribution in [-0.4, -0.2) is 46.2 Å². The molecule has 0 N–H and O–H groups in total. The van der Waals surface area contributed by atoms with E-state index in [0.717, 1.165) is 11.1 Å². The largest absolute Gasteiger partial charge is 0.324 e. The van der Waals surface area contributed by atoms with E-state index in [1.54, 1.807) is 23.5 Å². The third-order valence-electron chi connectivity index (χ3n) is 4.79. The molecule has 0 saturated carbocycles. The molecule has 2 amide bonds. The van der Waals surface area contributed by atoms with Gasteiger partial charge in [-0.25, -0.2) is 0 Å². The Balaban J connectivity index is 1.50. The van der Waals surface area contributed by atoms with Gasteiger partial charge < -0.3 is 9.80 Å². The summed E-state index contributed by atoms with van der Waals surface area (Å²) in [5, 5.41) is 1.18. The van der Waals surface area contributed by atoms with E-state index in [4.69, 9.17) is 23.2 Å². The van der Waals surface area contributed by atoms with Crippen molar-refractivity contribution < 1.29 is 9.59 Å². The molecule has 2 atom stereocenters. The Bertz CT molecular complexity index is 838. The number of amides is 2. The van der Waals surface area contributed by atoms with E-state index >= 15 is 0 Å². The molecule has 2 aromatic carbocycles. The maximum atomic E-state index is 12.5. The van der Waals surface area contributed by atoms with Gasteiger partial charge in [-0.15, -0.1) is 23.5 Å². The van der Waals surface area contributed by atoms with Crippen molar-refractivity contribution in [2.75, 3.05) is 24.6 Å². The van der Waals surface area contributed by atoms with Crippen LogP contribution >= 0.6 is 46.7 Å². The minimum Gasteiger partial charge on any atom is -0.324 e. The first-order valence-electron chi connectivity index (χ1n) is 8.86. The Labute approximate surface area is 182 Å². The predicted octanol–water partition coefficient (Wildman–Crippen LogP) is 4.84. The molecule has 0 spiro atoms. The van der Waals surface area contributed by atoms with Crippen LogP contribution in [0.4, 0.5) is 0 Å². The molecule has 2 saturated heterocycles. The smallest absolute Gasteiger partial charge is 0.233 e. The van der Waals surface area contributed by atoms with Crippen LogP contribution in [0.2, 0.25) is 10.0 Å². The molecule has 2 fully saturated rings. The molecule has 2 aromatic rings. The molecule has 0 aliphatic carbocycles. The SMILES string of the molecule is O=C1CS[C@@H](c2cccc(Cl)c2)N1CCN1C(=O)CS[C@H]1c1cccc(Cl)c1. The van der Waals surface area contributed by atoms with Crippen LogP contribution in [0.3, 0.4) is 0 Å². The van der Waals surface area contributed by atoms with Gasteiger partial charge in [0.2, 0.25) is 11.8 Å². The van der Waals surface area contributed by atoms with Gasteiger partial charge in [0.05, 0.1) is 11.5 Å². The zero-order valence-corrected chi connectivity index (χ0v) is 18.0. The molecule has 2 aliphatic rings. The molecule has 0 bridgehead atoms. The predicted molar refractivity (Wildman–Crippen MR) is 117 cm³/mol. The van der Waals surface area contributed by atoms with Gasteiger partial charge in [0.1, 0.15) is 10.7 Å². The van der Waals surface area contributed by atoms with Gasteiger partial charge in [-0.3, -0.25) is 9.59 Å². The second-order valence-corrected chi connectivity index (χ2v) is 9.62. The number of halogens is 2. The molecule has 146 valence electrons. The number of nitrogens with zero attached hydrogens (tertiary/aromatic N) is 2. The van der Waals surface area contributed by atoms with Crippen molar-refractivity contribution in [1.29, 1.82) is 0 Å². The standard InChI is InChI=1S/C20H18Cl2N2O2S2/c21-15-5-1-3-13(9-15)19-23(17(25)11-27-19)7-8-24-18(26)12-28-20(24)14-4-2-6-16(22)10-14/h1-6,9-10,19-20H,7-8,11-12H2/t19-,20-/m0/s1. The normalized spacial score (nSPS) is 22.4. The number of benzene rings is 2. The minimum absolute atomic E-state index is 0.0684. The van der Waals surface area contributed by atoms with Crippen LogP contribution in [0, 0.1) is 0 Å². The van der Waals surface area contributed by atoms with Crippen LogP contribution in [-0.2, 0) is 9.59 Å². The topological polar surface area (TPSA) is 40.6 Å². The maximum absolute atomic E-state index is 12.5. The van der Waals surface area contributed by atoms with Crippen LogP contribution in [0.15, 0.2) is 48.5 Å². The molecule has 2 aliphatic heterocycles. The number of carbonyl (C=O) groups excluding carboxylic acids is 2. The highest BCUT2D eigenvalue weighted by Gasteiger charge is 2.36. The Morgan fingerprint density at radius 1 is 0.786 bits per heavy atom. The molecular formula is C20H18Cl2N2O2S2. The third kappa shape index (κ3) is 4.15. The van der Waals surface area contributed by atoms with Crippen molar-refractivity contribution in [2.24, 2.45) is 0 Å². The second-order valence-electron chi connectivity index (χ2n) is 6.61. The molecule has 8 heteroatoms. The third-order valence-corrected chi connectivity index (χ3v) is 7.77. The average molecular weight is 453 g/mol. The van der Waals surface area contributed by atoms with Crippen molar-refractivity contribution >= 4 is 58.5 Å². The first-order chi connectivity index (χ1) is 13.5. The summed E-state index contributed by atoms with van der Waals surface area (Å²) in [5.74, 6) is 1.07. The van der Waals surface area contributed by atoms with Gasteiger partial charge in [-0.1, -0.05) is 47.5 Å². The average Bonchev–Trinajstić information content (AvgIpc) is 3.22. The Morgan fingerprint density at radius 3 is 1.61 bits per heavy atom. The number of thioether (sulfide) groups is 2. The van der Waals surface area contributed by atoms with Gasteiger partial charge in [0.15, 0.2) is 0 Å². The van der Waals surface area contributed by atoms with Crippen molar-refractivity contribution in [3.8, 4) is 0 Å². The molecule has 28 heavy (non-hydrogen) atoms. The van der Waals surface area contributed by atoms with Gasteiger partial charge in [-0.2, -0.15) is 0 Å². The Kier molecular flexibility index (Phi) is 6.11. The van der Waals surface area contributed by atoms with E-state index in [-0.39, 0.29) is 22.6 Å². The van der Waals surface area contributed by atoms with Gasteiger partial charge >= 0.3 is 0 Å². The van der Waals surface area contributed by atoms with Crippen molar-refractivity contribution in [3.63, 3.8) is 0 Å². The van der Waals surface area contributed by atoms with E-state index in [0.29, 0.717) is 34.6 Å². The number of hydrogen-bond donors (Lipinski definition) is 0. The first kappa shape index (κ1) is 20.0. The van der Waals surface area contributed by atoms with E-state index in [1.165, 1.54) is 0 Å². The Morgan fingerprint density at radius 2 is 1.21 bits per heavy atom. The first-order valence-corrected chi connectivity index (χ1v) is 11.7. The lowest BCUT2D eigenvalue weighted by molar-refractivity contribution is -0.132. The van der Waals surface area contributed by atoms with Crippen LogP contribution < -0.4 is 0 Å². The zero-order chi connectivity index (χ0) is 19.7. The van der Waals surface area contributed by atoms with Gasteiger partial charge in [0, 0.05) is 23.1 Å². The van der Waals surface area contributed by atoms with E-state index in [1.807, 2.05) is 58.3 Å². The fourth-order valence-electron chi connectivity index (χ4n) is 3.48. The summed E-state index contributed by atoms with van der Waals surface area (Å²) < 4.78 is 0. The van der Waals surface area contributed by atoms with Gasteiger partial charge in [-0.05, 0) is 35.4 Å². The fourth-order valence-corrected chi connectivity index (χ4v) is 6.29. The molecule has 4 rings (SSSR count). The fraction of sp³-hybridized carbons (Fsp3) is 0.300. The molecule has 0 aromatic heterocycles. The highest BCUT2D eigenvalue weighted by atomic mass is 35.5. The zero-order valence-electron chi connectivity index (χ0n) is 14.9. The maximum Gasteiger partial charge on any atom is 0.233 e. The monoisotopic (exact) mass is 452 g/mol. The van der Waals surface area contributed by atoms with E-state index in [9.17, 15) is 9.59 Å².